The molecule has 0 fully saturated rings. The molecule has 0 saturated carbocycles. The van der Waals surface area contributed by atoms with Gasteiger partial charge in [0.25, 0.3) is 0 Å². The second-order valence-corrected chi connectivity index (χ2v) is 6.21. The summed E-state index contributed by atoms with van der Waals surface area (Å²) in [4.78, 5) is 10.6. The summed E-state index contributed by atoms with van der Waals surface area (Å²) in [6, 6.07) is 1.18. The second-order valence-electron chi connectivity index (χ2n) is 3.09. The van der Waals surface area contributed by atoms with Crippen molar-refractivity contribution in [3.63, 3.8) is 0 Å². The summed E-state index contributed by atoms with van der Waals surface area (Å²) >= 11 is 0. The number of hydrogen-bond donors (Lipinski definition) is 0. The van der Waals surface area contributed by atoms with Gasteiger partial charge in [0.05, 0.1) is 22.1 Å². The van der Waals surface area contributed by atoms with Crippen LogP contribution in [0.25, 0.3) is 0 Å². The van der Waals surface area contributed by atoms with Gasteiger partial charge in [0.1, 0.15) is 0 Å². The first-order valence-electron chi connectivity index (χ1n) is 4.52. The standard InChI is InChI=1S/C9H18O3Si/c1-4-5-6-7-13(3)8-12-9(10)11-2/h4,13H,1,5-8H2,2-3H3. The Morgan fingerprint density at radius 3 is 2.85 bits per heavy atom. The van der Waals surface area contributed by atoms with Gasteiger partial charge in [-0.1, -0.05) is 25.1 Å². The Morgan fingerprint density at radius 1 is 1.62 bits per heavy atom. The van der Waals surface area contributed by atoms with E-state index in [1.165, 1.54) is 13.2 Å². The average molecular weight is 202 g/mol. The normalized spacial score (nSPS) is 11.8. The highest BCUT2D eigenvalue weighted by molar-refractivity contribution is 6.57. The van der Waals surface area contributed by atoms with E-state index >= 15 is 0 Å². The molecule has 0 aliphatic heterocycles. The van der Waals surface area contributed by atoms with Gasteiger partial charge in [-0.05, 0) is 6.42 Å². The molecule has 1 unspecified atom stereocenters. The zero-order valence-electron chi connectivity index (χ0n) is 8.41. The van der Waals surface area contributed by atoms with Gasteiger partial charge in [0.15, 0.2) is 0 Å². The number of allylic oxidation sites excluding steroid dienone is 1. The molecule has 4 heteroatoms. The summed E-state index contributed by atoms with van der Waals surface area (Å²) in [6.45, 7) is 5.84. The van der Waals surface area contributed by atoms with Crippen molar-refractivity contribution in [1.29, 1.82) is 0 Å². The number of rotatable bonds is 6. The van der Waals surface area contributed by atoms with E-state index in [2.05, 4.69) is 17.9 Å². The van der Waals surface area contributed by atoms with E-state index in [0.29, 0.717) is 6.23 Å². The molecule has 0 rings (SSSR count). The van der Waals surface area contributed by atoms with E-state index in [1.807, 2.05) is 6.08 Å². The molecule has 0 N–H and O–H groups in total. The van der Waals surface area contributed by atoms with Crippen LogP contribution in [0.3, 0.4) is 0 Å². The largest absolute Gasteiger partial charge is 0.507 e. The first kappa shape index (κ1) is 12.2. The molecule has 0 amide bonds. The summed E-state index contributed by atoms with van der Waals surface area (Å²) in [5.41, 5.74) is 0. The van der Waals surface area contributed by atoms with Crippen molar-refractivity contribution in [2.45, 2.75) is 25.4 Å². The van der Waals surface area contributed by atoms with Crippen molar-refractivity contribution in [1.82, 2.24) is 0 Å². The maximum Gasteiger partial charge on any atom is 0.507 e. The number of carbonyl (C=O) groups is 1. The highest BCUT2D eigenvalue weighted by Crippen LogP contribution is 2.02. The van der Waals surface area contributed by atoms with Crippen molar-refractivity contribution in [2.75, 3.05) is 13.3 Å². The minimum Gasteiger partial charge on any atom is -0.438 e. The van der Waals surface area contributed by atoms with E-state index in [9.17, 15) is 4.79 Å². The SMILES string of the molecule is C=CCCC[SiH](C)COC(=O)OC. The molecule has 0 bridgehead atoms. The maximum absolute atomic E-state index is 10.6. The lowest BCUT2D eigenvalue weighted by molar-refractivity contribution is 0.0856. The van der Waals surface area contributed by atoms with Gasteiger partial charge >= 0.3 is 6.16 Å². The van der Waals surface area contributed by atoms with Gasteiger partial charge < -0.3 is 9.47 Å². The van der Waals surface area contributed by atoms with Crippen LogP contribution in [0.2, 0.25) is 12.6 Å². The molecule has 3 nitrogen and oxygen atoms in total. The van der Waals surface area contributed by atoms with Crippen LogP contribution in [-0.2, 0) is 9.47 Å². The fourth-order valence-corrected chi connectivity index (χ4v) is 2.48. The first-order valence-corrected chi connectivity index (χ1v) is 7.31. The van der Waals surface area contributed by atoms with Crippen molar-refractivity contribution >= 4 is 15.0 Å². The average Bonchev–Trinajstić information content (AvgIpc) is 2.14. The molecular formula is C9H18O3Si. The zero-order valence-corrected chi connectivity index (χ0v) is 9.57. The Labute approximate surface area is 81.3 Å². The fraction of sp³-hybridized carbons (Fsp3) is 0.667. The van der Waals surface area contributed by atoms with E-state index in [0.717, 1.165) is 12.8 Å². The number of carbonyl (C=O) groups excluding carboxylic acids is 1. The van der Waals surface area contributed by atoms with Crippen LogP contribution in [0.5, 0.6) is 0 Å². The molecule has 0 aliphatic carbocycles. The van der Waals surface area contributed by atoms with E-state index in [4.69, 9.17) is 4.74 Å². The van der Waals surface area contributed by atoms with Crippen LogP contribution >= 0.6 is 0 Å². The molecule has 76 valence electrons. The van der Waals surface area contributed by atoms with Gasteiger partial charge in [-0.3, -0.25) is 0 Å². The lowest BCUT2D eigenvalue weighted by atomic mass is 10.3. The lowest BCUT2D eigenvalue weighted by Gasteiger charge is -2.08. The zero-order chi connectivity index (χ0) is 10.1. The highest BCUT2D eigenvalue weighted by Gasteiger charge is 2.07. The predicted octanol–water partition coefficient (Wildman–Crippen LogP) is 2.13. The topological polar surface area (TPSA) is 35.5 Å². The van der Waals surface area contributed by atoms with Crippen LogP contribution < -0.4 is 0 Å². The van der Waals surface area contributed by atoms with Crippen LogP contribution in [0.15, 0.2) is 12.7 Å². The third kappa shape index (κ3) is 7.58. The smallest absolute Gasteiger partial charge is 0.438 e. The number of ether oxygens (including phenoxy) is 2. The van der Waals surface area contributed by atoms with E-state index < -0.39 is 15.0 Å². The quantitative estimate of drug-likeness (QED) is 0.286. The minimum atomic E-state index is -0.875. The van der Waals surface area contributed by atoms with Crippen LogP contribution in [0, 0.1) is 0 Å². The van der Waals surface area contributed by atoms with Crippen molar-refractivity contribution < 1.29 is 14.3 Å². The second kappa shape index (κ2) is 7.85. The molecule has 0 radical (unpaired) electrons. The predicted molar refractivity (Wildman–Crippen MR) is 55.6 cm³/mol. The Balaban J connectivity index is 3.34. The summed E-state index contributed by atoms with van der Waals surface area (Å²) in [5.74, 6) is 0. The molecule has 0 spiro atoms. The van der Waals surface area contributed by atoms with Gasteiger partial charge in [-0.15, -0.1) is 6.58 Å². The lowest BCUT2D eigenvalue weighted by Crippen LogP contribution is -2.19. The Morgan fingerprint density at radius 2 is 2.31 bits per heavy atom. The fourth-order valence-electron chi connectivity index (χ4n) is 0.963. The van der Waals surface area contributed by atoms with Gasteiger partial charge in [0.2, 0.25) is 0 Å². The Hall–Kier alpha value is -0.773. The first-order chi connectivity index (χ1) is 6.20. The molecule has 1 atom stereocenters. The molecule has 0 heterocycles. The van der Waals surface area contributed by atoms with E-state index in [-0.39, 0.29) is 0 Å². The summed E-state index contributed by atoms with van der Waals surface area (Å²) in [5, 5.41) is 0. The summed E-state index contributed by atoms with van der Waals surface area (Å²) in [7, 11) is 0.451. The summed E-state index contributed by atoms with van der Waals surface area (Å²) < 4.78 is 9.23. The number of hydrogen-bond acceptors (Lipinski definition) is 3. The van der Waals surface area contributed by atoms with Crippen LogP contribution in [0.4, 0.5) is 4.79 Å². The molecule has 0 aromatic carbocycles. The molecule has 0 aromatic heterocycles. The minimum absolute atomic E-state index is 0.567. The van der Waals surface area contributed by atoms with Gasteiger partial charge in [-0.25, -0.2) is 4.79 Å². The Kier molecular flexibility index (Phi) is 7.39. The molecule has 13 heavy (non-hydrogen) atoms. The number of unbranched alkanes of at least 4 members (excludes halogenated alkanes) is 1. The highest BCUT2D eigenvalue weighted by atomic mass is 28.3. The number of methoxy groups -OCH3 is 1. The third-order valence-electron chi connectivity index (χ3n) is 1.76. The van der Waals surface area contributed by atoms with Crippen molar-refractivity contribution in [2.24, 2.45) is 0 Å². The van der Waals surface area contributed by atoms with Crippen molar-refractivity contribution in [3.8, 4) is 0 Å². The third-order valence-corrected chi connectivity index (χ3v) is 3.89. The van der Waals surface area contributed by atoms with Crippen molar-refractivity contribution in [3.05, 3.63) is 12.7 Å². The van der Waals surface area contributed by atoms with E-state index in [1.54, 1.807) is 0 Å². The Bertz CT molecular complexity index is 159. The molecule has 0 aliphatic rings. The molecular weight excluding hydrogens is 184 g/mol. The molecule has 0 aromatic rings. The van der Waals surface area contributed by atoms with Crippen LogP contribution in [0.1, 0.15) is 12.8 Å². The van der Waals surface area contributed by atoms with Gasteiger partial charge in [0, 0.05) is 0 Å². The molecule has 0 saturated heterocycles. The summed E-state index contributed by atoms with van der Waals surface area (Å²) in [6.07, 6.45) is 4.13. The van der Waals surface area contributed by atoms with Crippen LogP contribution in [-0.4, -0.2) is 28.3 Å². The maximum atomic E-state index is 10.6. The monoisotopic (exact) mass is 202 g/mol. The van der Waals surface area contributed by atoms with Gasteiger partial charge in [-0.2, -0.15) is 0 Å².